The molecular formula is C14H13S. The van der Waals surface area contributed by atoms with Gasteiger partial charge in [0.1, 0.15) is 0 Å². The quantitative estimate of drug-likeness (QED) is 0.692. The molecule has 0 heterocycles. The van der Waals surface area contributed by atoms with Crippen LogP contribution in [-0.2, 0) is 5.75 Å². The molecule has 0 spiro atoms. The van der Waals surface area contributed by atoms with E-state index in [2.05, 4.69) is 55.5 Å². The van der Waals surface area contributed by atoms with Gasteiger partial charge in [0.15, 0.2) is 0 Å². The van der Waals surface area contributed by atoms with Crippen molar-refractivity contribution in [3.63, 3.8) is 0 Å². The molecule has 0 atom stereocenters. The molecule has 0 aliphatic carbocycles. The van der Waals surface area contributed by atoms with Gasteiger partial charge in [0.05, 0.1) is 0 Å². The zero-order chi connectivity index (χ0) is 10.5. The average molecular weight is 213 g/mol. The third-order valence-electron chi connectivity index (χ3n) is 2.27. The second-order valence-corrected chi connectivity index (χ2v) is 4.48. The molecule has 0 saturated heterocycles. The minimum atomic E-state index is 1.03. The molecule has 0 saturated carbocycles. The molecule has 0 amide bonds. The summed E-state index contributed by atoms with van der Waals surface area (Å²) in [5, 5.41) is 0. The summed E-state index contributed by atoms with van der Waals surface area (Å²) in [5.41, 5.74) is 2.69. The molecule has 1 radical (unpaired) electrons. The Morgan fingerprint density at radius 1 is 1.13 bits per heavy atom. The lowest BCUT2D eigenvalue weighted by Gasteiger charge is -2.04. The van der Waals surface area contributed by atoms with E-state index in [4.69, 9.17) is 0 Å². The van der Waals surface area contributed by atoms with Gasteiger partial charge < -0.3 is 0 Å². The predicted octanol–water partition coefficient (Wildman–Crippen LogP) is 4.09. The maximum atomic E-state index is 3.12. The fourth-order valence-electron chi connectivity index (χ4n) is 1.38. The van der Waals surface area contributed by atoms with E-state index >= 15 is 0 Å². The third-order valence-corrected chi connectivity index (χ3v) is 3.50. The van der Waals surface area contributed by atoms with Gasteiger partial charge in [0.25, 0.3) is 0 Å². The Morgan fingerprint density at radius 2 is 1.93 bits per heavy atom. The van der Waals surface area contributed by atoms with Gasteiger partial charge >= 0.3 is 0 Å². The normalized spacial score (nSPS) is 10.2. The summed E-state index contributed by atoms with van der Waals surface area (Å²) in [7, 11) is 0. The highest BCUT2D eigenvalue weighted by atomic mass is 32.2. The molecule has 0 aromatic heterocycles. The summed E-state index contributed by atoms with van der Waals surface area (Å²) in [6.07, 6.45) is 0. The van der Waals surface area contributed by atoms with Crippen molar-refractivity contribution in [3.8, 4) is 0 Å². The monoisotopic (exact) mass is 213 g/mol. The fourth-order valence-corrected chi connectivity index (χ4v) is 2.35. The van der Waals surface area contributed by atoms with Crippen LogP contribution < -0.4 is 0 Å². The summed E-state index contributed by atoms with van der Waals surface area (Å²) in [5.74, 6) is 1.03. The van der Waals surface area contributed by atoms with Gasteiger partial charge in [-0.05, 0) is 30.2 Å². The van der Waals surface area contributed by atoms with Gasteiger partial charge in [-0.2, -0.15) is 0 Å². The van der Waals surface area contributed by atoms with Crippen LogP contribution in [0.4, 0.5) is 0 Å². The van der Waals surface area contributed by atoms with Crippen molar-refractivity contribution < 1.29 is 0 Å². The first-order chi connectivity index (χ1) is 7.36. The van der Waals surface area contributed by atoms with Gasteiger partial charge in [-0.15, -0.1) is 11.8 Å². The summed E-state index contributed by atoms with van der Waals surface area (Å²) >= 11 is 1.87. The Kier molecular flexibility index (Phi) is 3.46. The van der Waals surface area contributed by atoms with Crippen LogP contribution in [0.1, 0.15) is 11.1 Å². The Labute approximate surface area is 95.3 Å². The number of aryl methyl sites for hydroxylation is 1. The highest BCUT2D eigenvalue weighted by Crippen LogP contribution is 2.25. The molecule has 2 aromatic carbocycles. The number of hydrogen-bond acceptors (Lipinski definition) is 1. The largest absolute Gasteiger partial charge is 0.121 e. The smallest absolute Gasteiger partial charge is 0.0232 e. The Morgan fingerprint density at radius 3 is 2.67 bits per heavy atom. The van der Waals surface area contributed by atoms with E-state index in [1.54, 1.807) is 0 Å². The zero-order valence-corrected chi connectivity index (χ0v) is 9.55. The van der Waals surface area contributed by atoms with E-state index in [-0.39, 0.29) is 0 Å². The van der Waals surface area contributed by atoms with Gasteiger partial charge in [0, 0.05) is 10.6 Å². The van der Waals surface area contributed by atoms with Crippen LogP contribution >= 0.6 is 11.8 Å². The van der Waals surface area contributed by atoms with E-state index in [0.29, 0.717) is 0 Å². The zero-order valence-electron chi connectivity index (χ0n) is 8.73. The highest BCUT2D eigenvalue weighted by Gasteiger charge is 1.98. The van der Waals surface area contributed by atoms with Crippen LogP contribution in [0.25, 0.3) is 0 Å². The second-order valence-electron chi connectivity index (χ2n) is 3.47. The summed E-state index contributed by atoms with van der Waals surface area (Å²) < 4.78 is 0. The van der Waals surface area contributed by atoms with Crippen LogP contribution in [0.2, 0.25) is 0 Å². The molecule has 15 heavy (non-hydrogen) atoms. The first kappa shape index (κ1) is 10.3. The fraction of sp³-hybridized carbons (Fsp3) is 0.143. The van der Waals surface area contributed by atoms with Crippen LogP contribution in [0, 0.1) is 13.0 Å². The van der Waals surface area contributed by atoms with Crippen molar-refractivity contribution in [3.05, 3.63) is 65.7 Å². The van der Waals surface area contributed by atoms with Crippen molar-refractivity contribution in [2.75, 3.05) is 0 Å². The molecule has 2 rings (SSSR count). The first-order valence-electron chi connectivity index (χ1n) is 5.00. The van der Waals surface area contributed by atoms with E-state index in [0.717, 1.165) is 5.75 Å². The highest BCUT2D eigenvalue weighted by molar-refractivity contribution is 7.98. The van der Waals surface area contributed by atoms with Crippen molar-refractivity contribution in [1.29, 1.82) is 0 Å². The Hall–Kier alpha value is -1.21. The van der Waals surface area contributed by atoms with Crippen LogP contribution in [0.3, 0.4) is 0 Å². The molecule has 2 aromatic rings. The topological polar surface area (TPSA) is 0 Å². The van der Waals surface area contributed by atoms with Crippen molar-refractivity contribution in [1.82, 2.24) is 0 Å². The molecule has 0 N–H and O–H groups in total. The maximum absolute atomic E-state index is 3.12. The molecule has 0 unspecified atom stereocenters. The molecule has 0 nitrogen and oxygen atoms in total. The van der Waals surface area contributed by atoms with Crippen molar-refractivity contribution in [2.24, 2.45) is 0 Å². The first-order valence-corrected chi connectivity index (χ1v) is 5.98. The van der Waals surface area contributed by atoms with E-state index in [1.165, 1.54) is 16.0 Å². The standard InChI is InChI=1S/C14H13S/c1-12-7-5-6-10-14(12)15-11-13-8-3-2-4-9-13/h2-5,7-10H,11H2,1H3. The minimum absolute atomic E-state index is 1.03. The van der Waals surface area contributed by atoms with Gasteiger partial charge in [-0.1, -0.05) is 42.5 Å². The molecule has 75 valence electrons. The lowest BCUT2D eigenvalue weighted by atomic mass is 10.2. The minimum Gasteiger partial charge on any atom is -0.121 e. The van der Waals surface area contributed by atoms with E-state index < -0.39 is 0 Å². The number of thioether (sulfide) groups is 1. The van der Waals surface area contributed by atoms with Crippen LogP contribution in [-0.4, -0.2) is 0 Å². The summed E-state index contributed by atoms with van der Waals surface area (Å²) in [6, 6.07) is 19.8. The van der Waals surface area contributed by atoms with Crippen molar-refractivity contribution >= 4 is 11.8 Å². The van der Waals surface area contributed by atoms with Crippen LogP contribution in [0.15, 0.2) is 53.4 Å². The third kappa shape index (κ3) is 2.87. The molecule has 0 fully saturated rings. The molecule has 0 bridgehead atoms. The summed E-state index contributed by atoms with van der Waals surface area (Å²) in [6.45, 7) is 2.14. The predicted molar refractivity (Wildman–Crippen MR) is 66.0 cm³/mol. The van der Waals surface area contributed by atoms with Gasteiger partial charge in [0.2, 0.25) is 0 Å². The van der Waals surface area contributed by atoms with E-state index in [9.17, 15) is 0 Å². The number of hydrogen-bond donors (Lipinski definition) is 0. The molecule has 0 aliphatic rings. The van der Waals surface area contributed by atoms with E-state index in [1.807, 2.05) is 17.8 Å². The lowest BCUT2D eigenvalue weighted by molar-refractivity contribution is 1.28. The van der Waals surface area contributed by atoms with Gasteiger partial charge in [-0.25, -0.2) is 0 Å². The molecular weight excluding hydrogens is 200 g/mol. The lowest BCUT2D eigenvalue weighted by Crippen LogP contribution is -1.82. The average Bonchev–Trinajstić information content (AvgIpc) is 2.29. The van der Waals surface area contributed by atoms with Gasteiger partial charge in [-0.3, -0.25) is 0 Å². The van der Waals surface area contributed by atoms with Crippen molar-refractivity contribution in [2.45, 2.75) is 17.6 Å². The molecule has 1 heteroatoms. The SMILES string of the molecule is Cc1cc[c]cc1SCc1ccccc1. The second kappa shape index (κ2) is 5.04. The Bertz CT molecular complexity index is 420. The van der Waals surface area contributed by atoms with Crippen LogP contribution in [0.5, 0.6) is 0 Å². The Balaban J connectivity index is 2.03. The molecule has 0 aliphatic heterocycles. The maximum Gasteiger partial charge on any atom is 0.0232 e. The number of benzene rings is 2. The summed E-state index contributed by atoms with van der Waals surface area (Å²) in [4.78, 5) is 1.32. The number of rotatable bonds is 3.